The molecule has 0 amide bonds. The number of benzene rings is 11. The summed E-state index contributed by atoms with van der Waals surface area (Å²) in [6.07, 6.45) is 17.1. The maximum Gasteiger partial charge on any atom is 0.0780 e. The summed E-state index contributed by atoms with van der Waals surface area (Å²) >= 11 is 0. The molecule has 474 valence electrons. The van der Waals surface area contributed by atoms with Crippen LogP contribution in [0.3, 0.4) is 0 Å². The molecule has 0 N–H and O–H groups in total. The standard InChI is InChI=1S/C95H89N/c1-9-92(10-2)83-35-24-22-32-73(83)75-43-37-62(53-85(75)92)64-39-45-77-79-47-41-66(57-89(79)94(13-5,14-6)87(77)55-64)70-50-69(61-29-26-30-68(49-61)91-81-34-21-20-31-72(81)82(59-96-91)60-27-18-17-19-28-60)51-71(52-70)67-42-48-80-78-46-40-65(56-88(78)95(15-7,16-8)90(80)58-67)63-38-44-76-74-33-23-25-36-84(74)93(11-3,12-4)86(76)54-63/h20-26,29-60H,9-19,27-28H2,1-8H3. The average molecular weight is 1240 g/mol. The molecule has 1 saturated carbocycles. The van der Waals surface area contributed by atoms with E-state index in [0.717, 1.165) is 62.6 Å². The van der Waals surface area contributed by atoms with Crippen molar-refractivity contribution in [1.29, 1.82) is 0 Å². The number of hydrogen-bond acceptors (Lipinski definition) is 1. The van der Waals surface area contributed by atoms with Crippen LogP contribution in [0.4, 0.5) is 0 Å². The van der Waals surface area contributed by atoms with Gasteiger partial charge >= 0.3 is 0 Å². The summed E-state index contributed by atoms with van der Waals surface area (Å²) in [6, 6.07) is 88.7. The van der Waals surface area contributed by atoms with Gasteiger partial charge in [-0.25, -0.2) is 0 Å². The average Bonchev–Trinajstić information content (AvgIpc) is 1.46. The van der Waals surface area contributed by atoms with Crippen molar-refractivity contribution in [2.45, 2.75) is 166 Å². The first-order chi connectivity index (χ1) is 47.1. The van der Waals surface area contributed by atoms with Gasteiger partial charge in [0.1, 0.15) is 0 Å². The quantitative estimate of drug-likeness (QED) is 0.0997. The molecule has 0 spiro atoms. The molecule has 17 rings (SSSR count). The van der Waals surface area contributed by atoms with Gasteiger partial charge in [0, 0.05) is 38.8 Å². The van der Waals surface area contributed by atoms with Crippen molar-refractivity contribution in [3.63, 3.8) is 0 Å². The normalized spacial score (nSPS) is 16.1. The Kier molecular flexibility index (Phi) is 14.7. The van der Waals surface area contributed by atoms with Gasteiger partial charge in [0.2, 0.25) is 0 Å². The number of rotatable bonds is 15. The second kappa shape index (κ2) is 23.3. The summed E-state index contributed by atoms with van der Waals surface area (Å²) in [5.41, 5.74) is 38.9. The summed E-state index contributed by atoms with van der Waals surface area (Å²) in [6.45, 7) is 19.2. The summed E-state index contributed by atoms with van der Waals surface area (Å²) < 4.78 is 0. The van der Waals surface area contributed by atoms with Crippen LogP contribution in [-0.4, -0.2) is 4.98 Å². The largest absolute Gasteiger partial charge is 0.255 e. The first-order valence-corrected chi connectivity index (χ1v) is 36.8. The lowest BCUT2D eigenvalue weighted by Crippen LogP contribution is -2.23. The summed E-state index contributed by atoms with van der Waals surface area (Å²) in [5.74, 6) is 0.572. The van der Waals surface area contributed by atoms with Crippen LogP contribution in [0.15, 0.2) is 231 Å². The lowest BCUT2D eigenvalue weighted by atomic mass is 9.72. The van der Waals surface area contributed by atoms with Crippen LogP contribution in [0.5, 0.6) is 0 Å². The molecule has 0 radical (unpaired) electrons. The minimum Gasteiger partial charge on any atom is -0.255 e. The Labute approximate surface area is 570 Å². The predicted molar refractivity (Wildman–Crippen MR) is 407 cm³/mol. The number of hydrogen-bond donors (Lipinski definition) is 0. The van der Waals surface area contributed by atoms with Crippen LogP contribution < -0.4 is 0 Å². The molecule has 0 saturated heterocycles. The van der Waals surface area contributed by atoms with Gasteiger partial charge < -0.3 is 0 Å². The van der Waals surface area contributed by atoms with Gasteiger partial charge in [-0.05, 0) is 286 Å². The van der Waals surface area contributed by atoms with Gasteiger partial charge in [0.05, 0.1) is 5.69 Å². The van der Waals surface area contributed by atoms with Crippen LogP contribution >= 0.6 is 0 Å². The maximum atomic E-state index is 5.39. The van der Waals surface area contributed by atoms with Crippen LogP contribution in [0.2, 0.25) is 0 Å². The lowest BCUT2D eigenvalue weighted by molar-refractivity contribution is 0.445. The Morgan fingerprint density at radius 1 is 0.260 bits per heavy atom. The predicted octanol–water partition coefficient (Wildman–Crippen LogP) is 26.6. The van der Waals surface area contributed by atoms with Gasteiger partial charge in [-0.15, -0.1) is 0 Å². The first-order valence-electron chi connectivity index (χ1n) is 36.8. The van der Waals surface area contributed by atoms with Crippen molar-refractivity contribution in [3.05, 3.63) is 281 Å². The highest BCUT2D eigenvalue weighted by Gasteiger charge is 2.45. The van der Waals surface area contributed by atoms with Crippen molar-refractivity contribution in [2.75, 3.05) is 0 Å². The Hall–Kier alpha value is -9.17. The highest BCUT2D eigenvalue weighted by molar-refractivity contribution is 5.98. The molecule has 5 aliphatic rings. The van der Waals surface area contributed by atoms with Crippen molar-refractivity contribution in [3.8, 4) is 111 Å². The van der Waals surface area contributed by atoms with Gasteiger partial charge in [-0.1, -0.05) is 238 Å². The fourth-order valence-electron chi connectivity index (χ4n) is 20.2. The third kappa shape index (κ3) is 8.76. The van der Waals surface area contributed by atoms with Crippen LogP contribution in [0, 0.1) is 0 Å². The highest BCUT2D eigenvalue weighted by Crippen LogP contribution is 2.60. The van der Waals surface area contributed by atoms with E-state index in [0.29, 0.717) is 5.92 Å². The summed E-state index contributed by atoms with van der Waals surface area (Å²) in [7, 11) is 0. The molecule has 1 aromatic heterocycles. The van der Waals surface area contributed by atoms with Gasteiger partial charge in [0.25, 0.3) is 0 Å². The van der Waals surface area contributed by atoms with E-state index in [2.05, 4.69) is 286 Å². The Bertz CT molecular complexity index is 4850. The third-order valence-electron chi connectivity index (χ3n) is 25.7. The Morgan fingerprint density at radius 3 is 0.927 bits per heavy atom. The molecule has 1 heteroatoms. The molecule has 1 fully saturated rings. The molecular formula is C95H89N. The molecule has 1 nitrogen and oxygen atoms in total. The zero-order valence-corrected chi connectivity index (χ0v) is 57.7. The minimum atomic E-state index is -0.141. The van der Waals surface area contributed by atoms with Gasteiger partial charge in [-0.2, -0.15) is 0 Å². The number of aromatic nitrogens is 1. The zero-order chi connectivity index (χ0) is 65.2. The topological polar surface area (TPSA) is 12.9 Å². The minimum absolute atomic E-state index is 0.0243. The fraction of sp³-hybridized carbons (Fsp3) is 0.274. The molecule has 0 unspecified atom stereocenters. The van der Waals surface area contributed by atoms with Crippen LogP contribution in [-0.2, 0) is 21.7 Å². The Balaban J connectivity index is 0.781. The maximum absolute atomic E-state index is 5.39. The van der Waals surface area contributed by atoms with Crippen molar-refractivity contribution in [2.24, 2.45) is 0 Å². The van der Waals surface area contributed by atoms with E-state index in [4.69, 9.17) is 4.98 Å². The van der Waals surface area contributed by atoms with E-state index < -0.39 is 0 Å². The monoisotopic (exact) mass is 1240 g/mol. The van der Waals surface area contributed by atoms with E-state index in [-0.39, 0.29) is 21.7 Å². The molecule has 96 heavy (non-hydrogen) atoms. The van der Waals surface area contributed by atoms with Crippen molar-refractivity contribution >= 4 is 10.8 Å². The van der Waals surface area contributed by atoms with E-state index >= 15 is 0 Å². The molecule has 0 aliphatic heterocycles. The summed E-state index contributed by atoms with van der Waals surface area (Å²) in [4.78, 5) is 5.39. The Morgan fingerprint density at radius 2 is 0.552 bits per heavy atom. The fourth-order valence-corrected chi connectivity index (χ4v) is 20.2. The second-order valence-electron chi connectivity index (χ2n) is 29.1. The molecule has 1 heterocycles. The zero-order valence-electron chi connectivity index (χ0n) is 57.7. The SMILES string of the molecule is CCC1(CC)c2ccccc2-c2ccc(-c3ccc4c(c3)C(CC)(CC)c3cc(-c5cc(-c6cccc(-c7ncc(C8CCCCC8)c8ccccc78)c6)cc(-c6ccc7c(c6)C(CC)(CC)c6cc(-c8ccc9c(c8)C(CC)(CC)c8ccccc8-9)ccc6-7)c5)ccc3-4)cc21. The highest BCUT2D eigenvalue weighted by atomic mass is 14.7. The molecule has 5 aliphatic carbocycles. The van der Waals surface area contributed by atoms with E-state index in [9.17, 15) is 0 Å². The molecule has 0 atom stereocenters. The second-order valence-corrected chi connectivity index (χ2v) is 29.1. The summed E-state index contributed by atoms with van der Waals surface area (Å²) in [5, 5.41) is 2.60. The molecule has 0 bridgehead atoms. The molecular weight excluding hydrogens is 1160 g/mol. The van der Waals surface area contributed by atoms with E-state index in [1.807, 2.05) is 0 Å². The molecule has 11 aromatic carbocycles. The van der Waals surface area contributed by atoms with Crippen molar-refractivity contribution in [1.82, 2.24) is 4.98 Å². The molecule has 12 aromatic rings. The van der Waals surface area contributed by atoms with E-state index in [1.165, 1.54) is 193 Å². The lowest BCUT2D eigenvalue weighted by Gasteiger charge is -2.31. The number of nitrogens with zero attached hydrogens (tertiary/aromatic N) is 1. The number of pyridine rings is 1. The van der Waals surface area contributed by atoms with E-state index in [1.54, 1.807) is 0 Å². The van der Waals surface area contributed by atoms with Crippen LogP contribution in [0.1, 0.15) is 195 Å². The number of fused-ring (bicyclic) bond motifs is 13. The van der Waals surface area contributed by atoms with Gasteiger partial charge in [0.15, 0.2) is 0 Å². The van der Waals surface area contributed by atoms with Gasteiger partial charge in [-0.3, -0.25) is 4.98 Å². The third-order valence-corrected chi connectivity index (χ3v) is 25.7. The van der Waals surface area contributed by atoms with Crippen molar-refractivity contribution < 1.29 is 0 Å². The van der Waals surface area contributed by atoms with Crippen LogP contribution in [0.25, 0.3) is 122 Å². The first kappa shape index (κ1) is 60.5. The smallest absolute Gasteiger partial charge is 0.0780 e.